The molecule has 1 heterocycles. The highest BCUT2D eigenvalue weighted by molar-refractivity contribution is 5.45. The highest BCUT2D eigenvalue weighted by atomic mass is 16.1. The SMILES string of the molecule is CNCCC=Cc1cnc(=O)[nH]c1. The summed E-state index contributed by atoms with van der Waals surface area (Å²) in [7, 11) is 1.91. The molecule has 1 aromatic heterocycles. The van der Waals surface area contributed by atoms with Gasteiger partial charge in [-0.05, 0) is 20.0 Å². The third-order valence-corrected chi connectivity index (χ3v) is 1.56. The molecule has 0 aliphatic carbocycles. The maximum atomic E-state index is 10.6. The van der Waals surface area contributed by atoms with Gasteiger partial charge in [0.1, 0.15) is 0 Å². The summed E-state index contributed by atoms with van der Waals surface area (Å²) in [6.45, 7) is 0.952. The van der Waals surface area contributed by atoms with E-state index in [1.54, 1.807) is 12.4 Å². The predicted octanol–water partition coefficient (Wildman–Crippen LogP) is 0.393. The molecule has 70 valence electrons. The molecule has 0 radical (unpaired) electrons. The topological polar surface area (TPSA) is 57.8 Å². The van der Waals surface area contributed by atoms with Gasteiger partial charge in [-0.3, -0.25) is 0 Å². The normalized spacial score (nSPS) is 10.8. The van der Waals surface area contributed by atoms with Crippen LogP contribution < -0.4 is 11.0 Å². The summed E-state index contributed by atoms with van der Waals surface area (Å²) in [6.07, 6.45) is 8.13. The molecular weight excluding hydrogens is 166 g/mol. The monoisotopic (exact) mass is 179 g/mol. The predicted molar refractivity (Wildman–Crippen MR) is 52.4 cm³/mol. The van der Waals surface area contributed by atoms with E-state index in [-0.39, 0.29) is 5.69 Å². The molecular formula is C9H13N3O. The maximum absolute atomic E-state index is 10.6. The van der Waals surface area contributed by atoms with E-state index in [9.17, 15) is 4.79 Å². The number of nitrogens with zero attached hydrogens (tertiary/aromatic N) is 1. The van der Waals surface area contributed by atoms with Crippen LogP contribution in [0.3, 0.4) is 0 Å². The van der Waals surface area contributed by atoms with Crippen molar-refractivity contribution >= 4 is 6.08 Å². The van der Waals surface area contributed by atoms with Crippen LogP contribution in [0.25, 0.3) is 6.08 Å². The molecule has 0 amide bonds. The molecule has 2 N–H and O–H groups in total. The van der Waals surface area contributed by atoms with E-state index in [0.29, 0.717) is 0 Å². The minimum absolute atomic E-state index is 0.313. The van der Waals surface area contributed by atoms with Gasteiger partial charge in [-0.15, -0.1) is 0 Å². The second kappa shape index (κ2) is 5.27. The Morgan fingerprint density at radius 2 is 2.54 bits per heavy atom. The third-order valence-electron chi connectivity index (χ3n) is 1.56. The molecule has 1 rings (SSSR count). The zero-order valence-corrected chi connectivity index (χ0v) is 7.58. The molecule has 0 aromatic carbocycles. The molecule has 0 saturated carbocycles. The summed E-state index contributed by atoms with van der Waals surface area (Å²) in [5, 5.41) is 3.04. The van der Waals surface area contributed by atoms with E-state index in [4.69, 9.17) is 0 Å². The molecule has 13 heavy (non-hydrogen) atoms. The Labute approximate surface area is 76.7 Å². The number of aromatic nitrogens is 2. The zero-order valence-electron chi connectivity index (χ0n) is 7.58. The number of aromatic amines is 1. The van der Waals surface area contributed by atoms with Gasteiger partial charge in [-0.1, -0.05) is 12.2 Å². The van der Waals surface area contributed by atoms with E-state index >= 15 is 0 Å². The van der Waals surface area contributed by atoms with Crippen LogP contribution in [0.5, 0.6) is 0 Å². The quantitative estimate of drug-likeness (QED) is 0.657. The summed E-state index contributed by atoms with van der Waals surface area (Å²) >= 11 is 0. The lowest BCUT2D eigenvalue weighted by atomic mass is 10.3. The molecule has 0 bridgehead atoms. The molecule has 0 unspecified atom stereocenters. The molecule has 0 fully saturated rings. The Hall–Kier alpha value is -1.42. The van der Waals surface area contributed by atoms with Crippen molar-refractivity contribution in [3.63, 3.8) is 0 Å². The minimum Gasteiger partial charge on any atom is -0.319 e. The molecule has 0 atom stereocenters. The van der Waals surface area contributed by atoms with Crippen LogP contribution >= 0.6 is 0 Å². The van der Waals surface area contributed by atoms with Crippen LogP contribution in [0.2, 0.25) is 0 Å². The fraction of sp³-hybridized carbons (Fsp3) is 0.333. The number of hydrogen-bond acceptors (Lipinski definition) is 3. The Morgan fingerprint density at radius 3 is 3.15 bits per heavy atom. The smallest absolute Gasteiger partial charge is 0.319 e. The van der Waals surface area contributed by atoms with Crippen LogP contribution in [-0.2, 0) is 0 Å². The van der Waals surface area contributed by atoms with Crippen molar-refractivity contribution in [3.05, 3.63) is 34.5 Å². The largest absolute Gasteiger partial charge is 0.344 e. The van der Waals surface area contributed by atoms with E-state index in [1.165, 1.54) is 0 Å². The summed E-state index contributed by atoms with van der Waals surface area (Å²) in [5.74, 6) is 0. The summed E-state index contributed by atoms with van der Waals surface area (Å²) in [5.41, 5.74) is 0.600. The lowest BCUT2D eigenvalue weighted by Crippen LogP contribution is -2.08. The first-order valence-corrected chi connectivity index (χ1v) is 4.19. The number of nitrogens with one attached hydrogen (secondary N) is 2. The standard InChI is InChI=1S/C9H13N3O/c1-10-5-3-2-4-8-6-11-9(13)12-7-8/h2,4,6-7,10H,3,5H2,1H3,(H,11,12,13). The van der Waals surface area contributed by atoms with Crippen LogP contribution in [0.15, 0.2) is 23.3 Å². The second-order valence-electron chi connectivity index (χ2n) is 2.65. The highest BCUT2D eigenvalue weighted by Gasteiger charge is 1.86. The first-order valence-electron chi connectivity index (χ1n) is 4.19. The lowest BCUT2D eigenvalue weighted by molar-refractivity contribution is 0.809. The van der Waals surface area contributed by atoms with Crippen molar-refractivity contribution in [3.8, 4) is 0 Å². The van der Waals surface area contributed by atoms with Crippen molar-refractivity contribution in [2.75, 3.05) is 13.6 Å². The van der Waals surface area contributed by atoms with Crippen LogP contribution in [0, 0.1) is 0 Å². The average Bonchev–Trinajstić information content (AvgIpc) is 2.15. The Kier molecular flexibility index (Phi) is 3.92. The van der Waals surface area contributed by atoms with Gasteiger partial charge in [0, 0.05) is 18.0 Å². The first-order chi connectivity index (χ1) is 6.33. The zero-order chi connectivity index (χ0) is 9.52. The Bertz CT molecular complexity index is 309. The lowest BCUT2D eigenvalue weighted by Gasteiger charge is -1.92. The van der Waals surface area contributed by atoms with Crippen LogP contribution in [0.1, 0.15) is 12.0 Å². The molecule has 4 nitrogen and oxygen atoms in total. The van der Waals surface area contributed by atoms with Gasteiger partial charge in [0.15, 0.2) is 0 Å². The minimum atomic E-state index is -0.313. The average molecular weight is 179 g/mol. The fourth-order valence-electron chi connectivity index (χ4n) is 0.891. The molecule has 0 aliphatic rings. The maximum Gasteiger partial charge on any atom is 0.344 e. The van der Waals surface area contributed by atoms with Crippen molar-refractivity contribution in [1.29, 1.82) is 0 Å². The summed E-state index contributed by atoms with van der Waals surface area (Å²) in [6, 6.07) is 0. The van der Waals surface area contributed by atoms with E-state index < -0.39 is 0 Å². The second-order valence-corrected chi connectivity index (χ2v) is 2.65. The molecule has 1 aromatic rings. The number of hydrogen-bond donors (Lipinski definition) is 2. The van der Waals surface area contributed by atoms with Crippen molar-refractivity contribution in [2.45, 2.75) is 6.42 Å². The Balaban J connectivity index is 2.49. The van der Waals surface area contributed by atoms with E-state index in [1.807, 2.05) is 19.2 Å². The first kappa shape index (κ1) is 9.67. The van der Waals surface area contributed by atoms with Crippen molar-refractivity contribution in [1.82, 2.24) is 15.3 Å². The summed E-state index contributed by atoms with van der Waals surface area (Å²) < 4.78 is 0. The van der Waals surface area contributed by atoms with Crippen LogP contribution in [-0.4, -0.2) is 23.6 Å². The molecule has 0 spiro atoms. The van der Waals surface area contributed by atoms with E-state index in [2.05, 4.69) is 15.3 Å². The highest BCUT2D eigenvalue weighted by Crippen LogP contribution is 1.95. The molecule has 4 heteroatoms. The summed E-state index contributed by atoms with van der Waals surface area (Å²) in [4.78, 5) is 16.7. The Morgan fingerprint density at radius 1 is 1.69 bits per heavy atom. The van der Waals surface area contributed by atoms with Gasteiger partial charge in [0.2, 0.25) is 0 Å². The van der Waals surface area contributed by atoms with Gasteiger partial charge in [-0.25, -0.2) is 9.78 Å². The van der Waals surface area contributed by atoms with Crippen molar-refractivity contribution in [2.24, 2.45) is 0 Å². The van der Waals surface area contributed by atoms with Gasteiger partial charge in [0.05, 0.1) is 0 Å². The van der Waals surface area contributed by atoms with Gasteiger partial charge >= 0.3 is 5.69 Å². The van der Waals surface area contributed by atoms with Gasteiger partial charge in [-0.2, -0.15) is 0 Å². The third kappa shape index (κ3) is 3.66. The van der Waals surface area contributed by atoms with Crippen molar-refractivity contribution < 1.29 is 0 Å². The molecule has 0 saturated heterocycles. The molecule has 0 aliphatic heterocycles. The van der Waals surface area contributed by atoms with E-state index in [0.717, 1.165) is 18.5 Å². The fourth-order valence-corrected chi connectivity index (χ4v) is 0.891. The van der Waals surface area contributed by atoms with Gasteiger partial charge in [0.25, 0.3) is 0 Å². The number of rotatable bonds is 4. The van der Waals surface area contributed by atoms with Crippen LogP contribution in [0.4, 0.5) is 0 Å². The van der Waals surface area contributed by atoms with Gasteiger partial charge < -0.3 is 10.3 Å². The number of H-pyrrole nitrogens is 1.